The van der Waals surface area contributed by atoms with Crippen LogP contribution in [0.5, 0.6) is 0 Å². The fraction of sp³-hybridized carbons (Fsp3) is 0.700. The second-order valence-corrected chi connectivity index (χ2v) is 6.23. The van der Waals surface area contributed by atoms with Crippen LogP contribution in [0, 0.1) is 13.8 Å². The molecule has 19 heavy (non-hydrogen) atoms. The van der Waals surface area contributed by atoms with Gasteiger partial charge < -0.3 is 10.5 Å². The molecule has 0 amide bonds. The summed E-state index contributed by atoms with van der Waals surface area (Å²) in [5.41, 5.74) is 6.57. The first kappa shape index (κ1) is 16.4. The lowest BCUT2D eigenvalue weighted by Crippen LogP contribution is -2.48. The van der Waals surface area contributed by atoms with Gasteiger partial charge in [-0.25, -0.2) is 8.42 Å². The number of hydrogen-bond acceptors (Lipinski definition) is 5. The van der Waals surface area contributed by atoms with E-state index < -0.39 is 10.0 Å². The van der Waals surface area contributed by atoms with Crippen molar-refractivity contribution in [1.82, 2.24) is 14.5 Å². The third-order valence-electron chi connectivity index (χ3n) is 3.02. The van der Waals surface area contributed by atoms with Crippen molar-refractivity contribution in [3.63, 3.8) is 0 Å². The van der Waals surface area contributed by atoms with Crippen molar-refractivity contribution >= 4 is 22.4 Å². The van der Waals surface area contributed by atoms with E-state index in [9.17, 15) is 8.42 Å². The number of hydrogen-bond donors (Lipinski definition) is 2. The van der Waals surface area contributed by atoms with Crippen LogP contribution in [0.15, 0.2) is 4.90 Å². The summed E-state index contributed by atoms with van der Waals surface area (Å²) in [6.45, 7) is 4.71. The third-order valence-corrected chi connectivity index (χ3v) is 5.15. The number of nitrogens with two attached hydrogens (primary N) is 1. The molecule has 1 unspecified atom stereocenters. The van der Waals surface area contributed by atoms with E-state index in [0.717, 1.165) is 0 Å². The highest BCUT2D eigenvalue weighted by molar-refractivity contribution is 7.89. The van der Waals surface area contributed by atoms with Crippen LogP contribution in [0.2, 0.25) is 0 Å². The van der Waals surface area contributed by atoms with Crippen LogP contribution in [0.25, 0.3) is 0 Å². The average Bonchev–Trinajstić information content (AvgIpc) is 2.69. The highest BCUT2D eigenvalue weighted by Gasteiger charge is 2.33. The number of nitrogens with zero attached hydrogens (tertiary/aromatic N) is 2. The molecule has 0 aliphatic carbocycles. The maximum Gasteiger partial charge on any atom is 0.246 e. The van der Waals surface area contributed by atoms with Gasteiger partial charge in [-0.15, -0.1) is 12.4 Å². The normalized spacial score (nSPS) is 21.1. The van der Waals surface area contributed by atoms with Gasteiger partial charge in [-0.3, -0.25) is 5.10 Å². The number of H-pyrrole nitrogens is 1. The van der Waals surface area contributed by atoms with Crippen LogP contribution in [-0.2, 0) is 14.8 Å². The summed E-state index contributed by atoms with van der Waals surface area (Å²) in [6, 6.07) is 0. The molecule has 0 spiro atoms. The number of halogens is 1. The minimum atomic E-state index is -3.52. The lowest BCUT2D eigenvalue weighted by molar-refractivity contribution is 0.00448. The summed E-state index contributed by atoms with van der Waals surface area (Å²) in [6.07, 6.45) is -0.235. The van der Waals surface area contributed by atoms with E-state index in [4.69, 9.17) is 10.5 Å². The maximum atomic E-state index is 12.5. The zero-order valence-corrected chi connectivity index (χ0v) is 12.6. The van der Waals surface area contributed by atoms with Gasteiger partial charge in [-0.05, 0) is 13.8 Å². The fourth-order valence-corrected chi connectivity index (χ4v) is 3.89. The van der Waals surface area contributed by atoms with Crippen molar-refractivity contribution < 1.29 is 13.2 Å². The van der Waals surface area contributed by atoms with Crippen molar-refractivity contribution in [3.05, 3.63) is 11.4 Å². The smallest absolute Gasteiger partial charge is 0.246 e. The van der Waals surface area contributed by atoms with E-state index in [-0.39, 0.29) is 23.4 Å². The van der Waals surface area contributed by atoms with Gasteiger partial charge in [0.2, 0.25) is 10.0 Å². The van der Waals surface area contributed by atoms with E-state index in [1.54, 1.807) is 13.8 Å². The Labute approximate surface area is 119 Å². The van der Waals surface area contributed by atoms with Crippen LogP contribution < -0.4 is 5.73 Å². The molecule has 1 aliphatic heterocycles. The van der Waals surface area contributed by atoms with Crippen LogP contribution in [0.3, 0.4) is 0 Å². The number of sulfonamides is 1. The van der Waals surface area contributed by atoms with E-state index in [0.29, 0.717) is 37.6 Å². The van der Waals surface area contributed by atoms with Crippen LogP contribution in [-0.4, -0.2) is 55.3 Å². The molecule has 0 aromatic carbocycles. The zero-order chi connectivity index (χ0) is 13.3. The van der Waals surface area contributed by atoms with Crippen LogP contribution in [0.4, 0.5) is 0 Å². The molecule has 2 heterocycles. The van der Waals surface area contributed by atoms with Crippen molar-refractivity contribution in [3.8, 4) is 0 Å². The Morgan fingerprint density at radius 3 is 2.74 bits per heavy atom. The Bertz CT molecular complexity index is 511. The molecule has 3 N–H and O–H groups in total. The van der Waals surface area contributed by atoms with E-state index in [1.807, 2.05) is 0 Å². The summed E-state index contributed by atoms with van der Waals surface area (Å²) in [4.78, 5) is 0.264. The van der Waals surface area contributed by atoms with Gasteiger partial charge in [0.05, 0.1) is 24.1 Å². The molecular formula is C10H19ClN4O3S. The largest absolute Gasteiger partial charge is 0.374 e. The van der Waals surface area contributed by atoms with Gasteiger partial charge in [0, 0.05) is 19.6 Å². The third kappa shape index (κ3) is 3.09. The number of aromatic amines is 1. The van der Waals surface area contributed by atoms with Crippen molar-refractivity contribution in [2.24, 2.45) is 5.73 Å². The lowest BCUT2D eigenvalue weighted by Gasteiger charge is -2.31. The number of aromatic nitrogens is 2. The number of aryl methyl sites for hydroxylation is 2. The van der Waals surface area contributed by atoms with Gasteiger partial charge in [0.25, 0.3) is 0 Å². The summed E-state index contributed by atoms with van der Waals surface area (Å²) in [7, 11) is -3.52. The first-order valence-corrected chi connectivity index (χ1v) is 7.24. The van der Waals surface area contributed by atoms with Crippen molar-refractivity contribution in [2.75, 3.05) is 26.2 Å². The number of rotatable bonds is 3. The molecule has 0 saturated carbocycles. The number of ether oxygens (including phenoxy) is 1. The van der Waals surface area contributed by atoms with Crippen LogP contribution in [0.1, 0.15) is 11.4 Å². The first-order valence-electron chi connectivity index (χ1n) is 5.80. The van der Waals surface area contributed by atoms with E-state index >= 15 is 0 Å². The summed E-state index contributed by atoms with van der Waals surface area (Å²) in [5, 5.41) is 6.63. The van der Waals surface area contributed by atoms with Crippen molar-refractivity contribution in [2.45, 2.75) is 24.8 Å². The highest BCUT2D eigenvalue weighted by atomic mass is 35.5. The topological polar surface area (TPSA) is 101 Å². The molecule has 1 aromatic rings. The molecular weight excluding hydrogens is 292 g/mol. The van der Waals surface area contributed by atoms with Crippen molar-refractivity contribution in [1.29, 1.82) is 0 Å². The molecule has 2 rings (SSSR count). The Kier molecular flexibility index (Phi) is 5.34. The second kappa shape index (κ2) is 6.19. The quantitative estimate of drug-likeness (QED) is 0.805. The minimum Gasteiger partial charge on any atom is -0.374 e. The molecule has 0 radical (unpaired) electrons. The van der Waals surface area contributed by atoms with Gasteiger partial charge in [0.1, 0.15) is 4.90 Å². The second-order valence-electron chi connectivity index (χ2n) is 4.35. The maximum absolute atomic E-state index is 12.5. The Morgan fingerprint density at radius 1 is 1.53 bits per heavy atom. The fourth-order valence-electron chi connectivity index (χ4n) is 2.10. The molecule has 1 fully saturated rings. The molecule has 1 aliphatic rings. The first-order chi connectivity index (χ1) is 8.46. The molecule has 1 saturated heterocycles. The summed E-state index contributed by atoms with van der Waals surface area (Å²) >= 11 is 0. The predicted molar refractivity (Wildman–Crippen MR) is 72.9 cm³/mol. The SMILES string of the molecule is Cc1n[nH]c(C)c1S(=O)(=O)N1CCOC(CN)C1.Cl. The lowest BCUT2D eigenvalue weighted by atomic mass is 10.3. The average molecular weight is 311 g/mol. The van der Waals surface area contributed by atoms with E-state index in [1.165, 1.54) is 4.31 Å². The van der Waals surface area contributed by atoms with Gasteiger partial charge in [-0.1, -0.05) is 0 Å². The van der Waals surface area contributed by atoms with Crippen LogP contribution >= 0.6 is 12.4 Å². The molecule has 0 bridgehead atoms. The van der Waals surface area contributed by atoms with E-state index in [2.05, 4.69) is 10.2 Å². The summed E-state index contributed by atoms with van der Waals surface area (Å²) < 4.78 is 31.8. The molecule has 1 aromatic heterocycles. The monoisotopic (exact) mass is 310 g/mol. The van der Waals surface area contributed by atoms with Gasteiger partial charge in [0.15, 0.2) is 0 Å². The molecule has 1 atom stereocenters. The Hall–Kier alpha value is -0.670. The number of nitrogens with one attached hydrogen (secondary N) is 1. The Balaban J connectivity index is 0.00000180. The van der Waals surface area contributed by atoms with Gasteiger partial charge >= 0.3 is 0 Å². The Morgan fingerprint density at radius 2 is 2.21 bits per heavy atom. The predicted octanol–water partition coefficient (Wildman–Crippen LogP) is -0.203. The highest BCUT2D eigenvalue weighted by Crippen LogP contribution is 2.23. The minimum absolute atomic E-state index is 0. The van der Waals surface area contributed by atoms with Gasteiger partial charge in [-0.2, -0.15) is 9.40 Å². The standard InChI is InChI=1S/C10H18N4O3S.ClH/c1-7-10(8(2)13-12-7)18(15,16)14-3-4-17-9(5-11)6-14;/h9H,3-6,11H2,1-2H3,(H,12,13);1H. The molecule has 7 nitrogen and oxygen atoms in total. The molecule has 110 valence electrons. The molecule has 9 heteroatoms. The number of morpholine rings is 1. The zero-order valence-electron chi connectivity index (χ0n) is 10.9. The summed E-state index contributed by atoms with van der Waals surface area (Å²) in [5.74, 6) is 0.